The van der Waals surface area contributed by atoms with Crippen LogP contribution in [0.4, 0.5) is 9.59 Å². The van der Waals surface area contributed by atoms with Gasteiger partial charge >= 0.3 is 12.2 Å². The molecule has 0 spiro atoms. The van der Waals surface area contributed by atoms with Gasteiger partial charge in [0.05, 0.1) is 58.2 Å². The predicted molar refractivity (Wildman–Crippen MR) is 217 cm³/mol. The first-order valence-electron chi connectivity index (χ1n) is 19.5. The summed E-state index contributed by atoms with van der Waals surface area (Å²) >= 11 is 0. The van der Waals surface area contributed by atoms with Crippen molar-refractivity contribution in [2.45, 2.75) is 83.8 Å². The van der Waals surface area contributed by atoms with Gasteiger partial charge in [-0.1, -0.05) is 52.9 Å². The topological polar surface area (TPSA) is 184 Å². The Morgan fingerprint density at radius 1 is 0.754 bits per heavy atom. The van der Waals surface area contributed by atoms with E-state index in [9.17, 15) is 19.2 Å². The standard InChI is InChI=1S/C41H54N8O7Si/c1-24(2)34(46-40(52)54-5)38(50)48-18-10-13-32(48)36-42-21-31(45-36)27-11-9-12-29(19-27)56-28-16-14-26(15-17-28)30-20-43-37(44-30)33-22-57(7,8)23-49(33)39(51)35(25(3)4)47-41(53)55-6/h9,11-12,14-17,19-21,24-25,32-35H,10,13,18,22-23H2,1-8H3,(H,42,45)(H,43,44)(H,46,52)(H,47,53)/t32-,33-,34-,35-/m0/s1. The van der Waals surface area contributed by atoms with Crippen LogP contribution in [-0.2, 0) is 19.1 Å². The van der Waals surface area contributed by atoms with Crippen LogP contribution in [0.25, 0.3) is 22.5 Å². The molecule has 0 saturated carbocycles. The number of aromatic nitrogens is 4. The summed E-state index contributed by atoms with van der Waals surface area (Å²) in [5, 5.41) is 5.42. The second kappa shape index (κ2) is 17.2. The van der Waals surface area contributed by atoms with E-state index in [1.807, 2.05) is 81.1 Å². The first kappa shape index (κ1) is 41.0. The molecule has 4 atom stereocenters. The maximum atomic E-state index is 13.8. The van der Waals surface area contributed by atoms with Crippen molar-refractivity contribution in [3.8, 4) is 34.0 Å². The molecule has 4 N–H and O–H groups in total. The number of alkyl carbamates (subject to hydrolysis) is 2. The quantitative estimate of drug-likeness (QED) is 0.112. The minimum absolute atomic E-state index is 0.120. The number of benzene rings is 2. The van der Waals surface area contributed by atoms with Gasteiger partial charge in [-0.2, -0.15) is 0 Å². The van der Waals surface area contributed by atoms with Gasteiger partial charge in [0.15, 0.2) is 0 Å². The van der Waals surface area contributed by atoms with Crippen molar-refractivity contribution >= 4 is 32.1 Å². The summed E-state index contributed by atoms with van der Waals surface area (Å²) in [6, 6.07) is 14.4. The van der Waals surface area contributed by atoms with E-state index in [1.165, 1.54) is 14.2 Å². The highest BCUT2D eigenvalue weighted by atomic mass is 28.3. The van der Waals surface area contributed by atoms with Crippen molar-refractivity contribution < 1.29 is 33.4 Å². The molecule has 15 nitrogen and oxygen atoms in total. The third kappa shape index (κ3) is 9.33. The van der Waals surface area contributed by atoms with Gasteiger partial charge in [-0.15, -0.1) is 0 Å². The van der Waals surface area contributed by atoms with Crippen molar-refractivity contribution in [1.82, 2.24) is 40.4 Å². The number of methoxy groups -OCH3 is 2. The number of amides is 4. The first-order valence-corrected chi connectivity index (χ1v) is 22.9. The van der Waals surface area contributed by atoms with Crippen LogP contribution in [0.15, 0.2) is 60.9 Å². The fraction of sp³-hybridized carbons (Fsp3) is 0.463. The highest BCUT2D eigenvalue weighted by molar-refractivity contribution is 6.78. The summed E-state index contributed by atoms with van der Waals surface area (Å²) in [4.78, 5) is 71.4. The Morgan fingerprint density at radius 2 is 1.32 bits per heavy atom. The molecule has 0 unspecified atom stereocenters. The smallest absolute Gasteiger partial charge is 0.407 e. The average molecular weight is 799 g/mol. The number of carbonyl (C=O) groups excluding carboxylic acids is 4. The number of nitrogens with zero attached hydrogens (tertiary/aromatic N) is 4. The highest BCUT2D eigenvalue weighted by Gasteiger charge is 2.46. The molecule has 6 rings (SSSR count). The average Bonchev–Trinajstić information content (AvgIpc) is 4.02. The molecule has 2 aromatic carbocycles. The minimum Gasteiger partial charge on any atom is -0.457 e. The Kier molecular flexibility index (Phi) is 12.4. The van der Waals surface area contributed by atoms with Gasteiger partial charge in [-0.3, -0.25) is 9.59 Å². The van der Waals surface area contributed by atoms with E-state index in [4.69, 9.17) is 19.2 Å². The maximum Gasteiger partial charge on any atom is 0.407 e. The van der Waals surface area contributed by atoms with Gasteiger partial charge in [0.25, 0.3) is 0 Å². The molecule has 0 radical (unpaired) electrons. The Hall–Kier alpha value is -5.64. The second-order valence-corrected chi connectivity index (χ2v) is 21.3. The highest BCUT2D eigenvalue weighted by Crippen LogP contribution is 2.39. The van der Waals surface area contributed by atoms with E-state index in [2.05, 4.69) is 38.7 Å². The van der Waals surface area contributed by atoms with Crippen molar-refractivity contribution in [2.75, 3.05) is 26.9 Å². The van der Waals surface area contributed by atoms with Crippen LogP contribution in [0, 0.1) is 11.8 Å². The molecule has 4 aromatic rings. The van der Waals surface area contributed by atoms with Crippen molar-refractivity contribution in [3.05, 3.63) is 72.6 Å². The predicted octanol–water partition coefficient (Wildman–Crippen LogP) is 6.81. The molecule has 4 heterocycles. The molecule has 2 aliphatic rings. The molecule has 57 heavy (non-hydrogen) atoms. The SMILES string of the molecule is COC(=O)N[C@H](C(=O)N1CCC[C@H]1c1ncc(-c2cccc(Oc3ccc(-c4cnc([C@@H]5C[Si](C)(C)CN5C(=O)[C@@H](NC(=O)OC)C(C)C)[nH]4)cc3)c2)[nH]1)C(C)C. The lowest BCUT2D eigenvalue weighted by atomic mass is 10.0. The Balaban J connectivity index is 1.12. The second-order valence-electron chi connectivity index (χ2n) is 16.3. The molecule has 4 amide bonds. The number of aromatic amines is 2. The molecule has 2 saturated heterocycles. The molecule has 304 valence electrons. The number of hydrogen-bond donors (Lipinski definition) is 4. The zero-order valence-corrected chi connectivity index (χ0v) is 34.9. The van der Waals surface area contributed by atoms with Crippen LogP contribution in [0.3, 0.4) is 0 Å². The van der Waals surface area contributed by atoms with Crippen LogP contribution in [0.5, 0.6) is 11.5 Å². The molecule has 0 aliphatic carbocycles. The number of likely N-dealkylation sites (tertiary alicyclic amines) is 1. The van der Waals surface area contributed by atoms with Crippen molar-refractivity contribution in [3.63, 3.8) is 0 Å². The molecule has 0 bridgehead atoms. The summed E-state index contributed by atoms with van der Waals surface area (Å²) in [5.74, 6) is 2.18. The Bertz CT molecular complexity index is 2060. The lowest BCUT2D eigenvalue weighted by Crippen LogP contribution is -2.52. The van der Waals surface area contributed by atoms with E-state index in [1.54, 1.807) is 17.3 Å². The number of hydrogen-bond acceptors (Lipinski definition) is 9. The largest absolute Gasteiger partial charge is 0.457 e. The number of imidazole rings is 2. The van der Waals surface area contributed by atoms with E-state index < -0.39 is 32.3 Å². The maximum absolute atomic E-state index is 13.8. The van der Waals surface area contributed by atoms with E-state index >= 15 is 0 Å². The van der Waals surface area contributed by atoms with Crippen LogP contribution in [0.1, 0.15) is 64.3 Å². The molecular formula is C41H54N8O7Si. The molecule has 16 heteroatoms. The lowest BCUT2D eigenvalue weighted by molar-refractivity contribution is -0.136. The summed E-state index contributed by atoms with van der Waals surface area (Å²) in [7, 11) is 0.819. The Labute approximate surface area is 334 Å². The van der Waals surface area contributed by atoms with Crippen LogP contribution < -0.4 is 15.4 Å². The monoisotopic (exact) mass is 798 g/mol. The molecule has 2 aromatic heterocycles. The number of ether oxygens (including phenoxy) is 3. The van der Waals surface area contributed by atoms with Crippen molar-refractivity contribution in [2.24, 2.45) is 11.8 Å². The first-order chi connectivity index (χ1) is 27.2. The van der Waals surface area contributed by atoms with Crippen molar-refractivity contribution in [1.29, 1.82) is 0 Å². The summed E-state index contributed by atoms with van der Waals surface area (Å²) in [6.45, 7) is 12.7. The van der Waals surface area contributed by atoms with Gasteiger partial charge in [0.2, 0.25) is 11.8 Å². The molecule has 2 aliphatic heterocycles. The van der Waals surface area contributed by atoms with E-state index in [0.717, 1.165) is 47.2 Å². The third-order valence-corrected chi connectivity index (χ3v) is 13.4. The Morgan fingerprint density at radius 3 is 1.89 bits per heavy atom. The van der Waals surface area contributed by atoms with Crippen LogP contribution in [-0.4, -0.2) is 101 Å². The van der Waals surface area contributed by atoms with Gasteiger partial charge in [0, 0.05) is 18.3 Å². The van der Waals surface area contributed by atoms with Crippen LogP contribution in [0.2, 0.25) is 19.1 Å². The third-order valence-electron chi connectivity index (χ3n) is 10.7. The van der Waals surface area contributed by atoms with Gasteiger partial charge in [-0.05, 0) is 72.7 Å². The zero-order valence-electron chi connectivity index (χ0n) is 33.9. The number of nitrogens with one attached hydrogen (secondary N) is 4. The lowest BCUT2D eigenvalue weighted by Gasteiger charge is -2.30. The summed E-state index contributed by atoms with van der Waals surface area (Å²) in [5.41, 5.74) is 3.41. The zero-order chi connectivity index (χ0) is 41.0. The number of carbonyl (C=O) groups is 4. The van der Waals surface area contributed by atoms with Gasteiger partial charge in [-0.25, -0.2) is 19.6 Å². The minimum atomic E-state index is -1.76. The number of H-pyrrole nitrogens is 2. The summed E-state index contributed by atoms with van der Waals surface area (Å²) < 4.78 is 15.8. The number of rotatable bonds is 12. The fourth-order valence-corrected chi connectivity index (χ4v) is 10.6. The normalized spacial score (nSPS) is 18.7. The molecular weight excluding hydrogens is 745 g/mol. The molecule has 2 fully saturated rings. The summed E-state index contributed by atoms with van der Waals surface area (Å²) in [6.07, 6.45) is 4.55. The van der Waals surface area contributed by atoms with E-state index in [0.29, 0.717) is 30.0 Å². The van der Waals surface area contributed by atoms with Gasteiger partial charge in [0.1, 0.15) is 35.2 Å². The fourth-order valence-electron chi connectivity index (χ4n) is 7.69. The van der Waals surface area contributed by atoms with Gasteiger partial charge < -0.3 is 44.6 Å². The van der Waals surface area contributed by atoms with E-state index in [-0.39, 0.29) is 35.7 Å². The van der Waals surface area contributed by atoms with Crippen LogP contribution >= 0.6 is 0 Å².